The van der Waals surface area contributed by atoms with Crippen LogP contribution < -0.4 is 0 Å². The predicted molar refractivity (Wildman–Crippen MR) is 269 cm³/mol. The van der Waals surface area contributed by atoms with Crippen molar-refractivity contribution in [2.75, 3.05) is 0 Å². The summed E-state index contributed by atoms with van der Waals surface area (Å²) in [6.07, 6.45) is 7.72. The maximum absolute atomic E-state index is 2.73. The Hall–Kier alpha value is -5.14. The predicted octanol–water partition coefficient (Wildman–Crippen LogP) is 16.9. The summed E-state index contributed by atoms with van der Waals surface area (Å²) in [5.74, 6) is 0.0823. The van der Waals surface area contributed by atoms with Crippen molar-refractivity contribution >= 4 is 39.6 Å². The molecule has 0 radical (unpaired) electrons. The van der Waals surface area contributed by atoms with Crippen molar-refractivity contribution in [2.45, 2.75) is 60.9 Å². The Kier molecular flexibility index (Phi) is 11.3. The Morgan fingerprint density at radius 2 is 0.710 bits per heavy atom. The second-order valence-corrected chi connectivity index (χ2v) is 39.0. The van der Waals surface area contributed by atoms with E-state index in [0.29, 0.717) is 19.1 Å². The van der Waals surface area contributed by atoms with Crippen molar-refractivity contribution in [1.29, 1.82) is 0 Å². The van der Waals surface area contributed by atoms with Gasteiger partial charge in [-0.1, -0.05) is 0 Å². The van der Waals surface area contributed by atoms with Gasteiger partial charge in [0.15, 0.2) is 0 Å². The Morgan fingerprint density at radius 3 is 1.11 bits per heavy atom. The van der Waals surface area contributed by atoms with Gasteiger partial charge in [0.2, 0.25) is 0 Å². The van der Waals surface area contributed by atoms with Crippen LogP contribution in [0.2, 0.25) is 13.1 Å². The van der Waals surface area contributed by atoms with E-state index in [9.17, 15) is 0 Å². The van der Waals surface area contributed by atoms with Crippen molar-refractivity contribution in [1.82, 2.24) is 0 Å². The molecule has 2 unspecified atom stereocenters. The van der Waals surface area contributed by atoms with Crippen LogP contribution in [0.5, 0.6) is 0 Å². The number of rotatable bonds is 11. The zero-order valence-corrected chi connectivity index (χ0v) is 40.7. The van der Waals surface area contributed by atoms with Crippen LogP contribution in [0.3, 0.4) is 0 Å². The van der Waals surface area contributed by atoms with E-state index >= 15 is 0 Å². The second kappa shape index (κ2) is 17.2. The standard InChI is InChI=1S/2C29H25.C2H7Si.Zr/c2*1-20(2)17-21-18-23-11-8-16-28(29(23)19-21)27-14-6-5-13-26(27)25-15-7-10-22-9-3-4-12-24(22)25;1-3-2;/h2*3-16,18-20H,17H2,1-2H3;3H,1-2H3;. The summed E-state index contributed by atoms with van der Waals surface area (Å²) in [5, 5.41) is 5.21. The zero-order chi connectivity index (χ0) is 42.5. The molecule has 2 heteroatoms. The molecule has 0 heterocycles. The van der Waals surface area contributed by atoms with Crippen LogP contribution in [0.15, 0.2) is 181 Å². The van der Waals surface area contributed by atoms with E-state index in [-0.39, 0.29) is 0 Å². The molecule has 0 fully saturated rings. The van der Waals surface area contributed by atoms with Gasteiger partial charge in [-0.15, -0.1) is 0 Å². The fraction of sp³-hybridized carbons (Fsp3) is 0.200. The quantitative estimate of drug-likeness (QED) is 0.114. The van der Waals surface area contributed by atoms with Crippen molar-refractivity contribution in [3.05, 3.63) is 203 Å². The van der Waals surface area contributed by atoms with Gasteiger partial charge in [0, 0.05) is 0 Å². The molecule has 0 bridgehead atoms. The number of hydrogen-bond donors (Lipinski definition) is 0. The molecule has 8 aromatic rings. The van der Waals surface area contributed by atoms with E-state index in [2.05, 4.69) is 223 Å². The Labute approximate surface area is 378 Å². The van der Waals surface area contributed by atoms with Crippen LogP contribution in [-0.2, 0) is 20.9 Å². The molecule has 10 rings (SSSR count). The number of benzene rings is 8. The van der Waals surface area contributed by atoms with Crippen molar-refractivity contribution in [3.8, 4) is 44.5 Å². The van der Waals surface area contributed by atoms with E-state index in [1.807, 2.05) is 0 Å². The molecule has 0 saturated carbocycles. The Morgan fingerprint density at radius 1 is 0.387 bits per heavy atom. The van der Waals surface area contributed by atoms with Gasteiger partial charge in [0.25, 0.3) is 0 Å². The van der Waals surface area contributed by atoms with Gasteiger partial charge in [-0.2, -0.15) is 0 Å². The minimum absolute atomic E-state index is 0.573. The third-order valence-electron chi connectivity index (χ3n) is 13.5. The van der Waals surface area contributed by atoms with E-state index in [1.54, 1.807) is 22.3 Å². The molecule has 2 aliphatic carbocycles. The van der Waals surface area contributed by atoms with Crippen molar-refractivity contribution < 1.29 is 20.9 Å². The van der Waals surface area contributed by atoms with Crippen molar-refractivity contribution in [2.24, 2.45) is 11.8 Å². The molecule has 2 aliphatic rings. The van der Waals surface area contributed by atoms with Crippen LogP contribution >= 0.6 is 0 Å². The summed E-state index contributed by atoms with van der Waals surface area (Å²) in [5.41, 5.74) is 20.4. The van der Waals surface area contributed by atoms with E-state index < -0.39 is 26.8 Å². The molecule has 2 atom stereocenters. The van der Waals surface area contributed by atoms with E-state index in [4.69, 9.17) is 0 Å². The first-order valence-electron chi connectivity index (χ1n) is 22.9. The SMILES string of the molecule is CC(C)CC1=Cc2c(-c3ccccc3-c3cccc4ccccc34)cccc2[CH]1[Zr]([CH]1C(CC(C)C)=Cc2c(-c3ccccc3-c3cccc4ccccc34)cccc21)[SiH](C)C. The summed E-state index contributed by atoms with van der Waals surface area (Å²) < 4.78 is 1.15. The fourth-order valence-corrected chi connectivity index (χ4v) is 33.9. The Balaban J connectivity index is 1.13. The summed E-state index contributed by atoms with van der Waals surface area (Å²) in [7, 11) is 0. The molecule has 8 aromatic carbocycles. The van der Waals surface area contributed by atoms with E-state index in [0.717, 1.165) is 12.8 Å². The summed E-state index contributed by atoms with van der Waals surface area (Å²) in [6.45, 7) is 15.2. The van der Waals surface area contributed by atoms with Gasteiger partial charge in [0.05, 0.1) is 0 Å². The molecular weight excluding hydrogens is 840 g/mol. The van der Waals surface area contributed by atoms with Crippen LogP contribution in [0, 0.1) is 11.8 Å². The minimum atomic E-state index is -2.42. The van der Waals surface area contributed by atoms with Gasteiger partial charge in [-0.25, -0.2) is 0 Å². The zero-order valence-electron chi connectivity index (χ0n) is 37.1. The monoisotopic (exact) mass is 895 g/mol. The first-order valence-corrected chi connectivity index (χ1v) is 32.9. The number of fused-ring (bicyclic) bond motifs is 4. The molecule has 62 heavy (non-hydrogen) atoms. The van der Waals surface area contributed by atoms with Gasteiger partial charge in [-0.3, -0.25) is 0 Å². The van der Waals surface area contributed by atoms with Gasteiger partial charge in [-0.05, 0) is 0 Å². The van der Waals surface area contributed by atoms with Crippen LogP contribution in [0.1, 0.15) is 70.0 Å². The molecule has 0 nitrogen and oxygen atoms in total. The van der Waals surface area contributed by atoms with Gasteiger partial charge >= 0.3 is 381 Å². The second-order valence-electron chi connectivity index (χ2n) is 18.9. The molecular formula is C60H57SiZr. The summed E-state index contributed by atoms with van der Waals surface area (Å²) >= 11 is -2.42. The normalized spacial score (nSPS) is 15.7. The topological polar surface area (TPSA) is 0 Å². The first-order chi connectivity index (χ1) is 30.3. The molecule has 0 aromatic heterocycles. The number of hydrogen-bond acceptors (Lipinski definition) is 0. The third kappa shape index (κ3) is 7.38. The van der Waals surface area contributed by atoms with Gasteiger partial charge in [0.1, 0.15) is 0 Å². The average Bonchev–Trinajstić information content (AvgIpc) is 3.83. The molecule has 305 valence electrons. The molecule has 0 amide bonds. The van der Waals surface area contributed by atoms with Crippen molar-refractivity contribution in [3.63, 3.8) is 0 Å². The average molecular weight is 897 g/mol. The molecule has 0 saturated heterocycles. The molecule has 0 aliphatic heterocycles. The van der Waals surface area contributed by atoms with Crippen LogP contribution in [0.25, 0.3) is 78.2 Å². The molecule has 0 spiro atoms. The number of allylic oxidation sites excluding steroid dienone is 2. The maximum atomic E-state index is 2.73. The first kappa shape index (κ1) is 40.9. The Bertz CT molecular complexity index is 2820. The summed E-state index contributed by atoms with van der Waals surface area (Å²) in [4.78, 5) is 0. The van der Waals surface area contributed by atoms with E-state index in [1.165, 1.54) is 77.2 Å². The van der Waals surface area contributed by atoms with Gasteiger partial charge < -0.3 is 0 Å². The third-order valence-corrected chi connectivity index (χ3v) is 35.3. The van der Waals surface area contributed by atoms with Crippen LogP contribution in [0.4, 0.5) is 0 Å². The fourth-order valence-electron chi connectivity index (χ4n) is 11.1. The van der Waals surface area contributed by atoms with Crippen LogP contribution in [-0.4, -0.2) is 5.92 Å². The molecule has 0 N–H and O–H groups in total. The summed E-state index contributed by atoms with van der Waals surface area (Å²) in [6, 6.07) is 64.4.